The van der Waals surface area contributed by atoms with Crippen molar-refractivity contribution in [2.24, 2.45) is 0 Å². The van der Waals surface area contributed by atoms with E-state index in [1.54, 1.807) is 7.11 Å². The molecule has 0 unspecified atom stereocenters. The highest BCUT2D eigenvalue weighted by Crippen LogP contribution is 1.97. The monoisotopic (exact) mass is 230 g/mol. The van der Waals surface area contributed by atoms with Crippen LogP contribution in [0.4, 0.5) is 0 Å². The van der Waals surface area contributed by atoms with E-state index in [9.17, 15) is 0 Å². The molecule has 0 radical (unpaired) electrons. The smallest absolute Gasteiger partial charge is 0.0589 e. The zero-order valence-corrected chi connectivity index (χ0v) is 11.6. The summed E-state index contributed by atoms with van der Waals surface area (Å²) in [7, 11) is 1.77. The molecule has 0 fully saturated rings. The van der Waals surface area contributed by atoms with E-state index in [-0.39, 0.29) is 0 Å². The molecule has 0 saturated carbocycles. The Morgan fingerprint density at radius 1 is 1.12 bits per heavy atom. The van der Waals surface area contributed by atoms with Crippen molar-refractivity contribution in [1.82, 2.24) is 10.2 Å². The molecule has 1 N–H and O–H groups in total. The van der Waals surface area contributed by atoms with Gasteiger partial charge in [0.05, 0.1) is 6.61 Å². The van der Waals surface area contributed by atoms with E-state index in [1.165, 1.54) is 19.3 Å². The molecule has 98 valence electrons. The first-order valence-electron chi connectivity index (χ1n) is 6.66. The molecule has 3 nitrogen and oxygen atoms in total. The van der Waals surface area contributed by atoms with Crippen molar-refractivity contribution < 1.29 is 4.74 Å². The zero-order chi connectivity index (χ0) is 12.2. The number of ether oxygens (including phenoxy) is 1. The molecule has 0 atom stereocenters. The van der Waals surface area contributed by atoms with Crippen molar-refractivity contribution in [2.45, 2.75) is 46.1 Å². The van der Waals surface area contributed by atoms with Gasteiger partial charge in [0.15, 0.2) is 0 Å². The maximum absolute atomic E-state index is 5.12. The first-order valence-corrected chi connectivity index (χ1v) is 6.66. The summed E-state index contributed by atoms with van der Waals surface area (Å²) in [6, 6.07) is 0.604. The van der Waals surface area contributed by atoms with Gasteiger partial charge in [-0.25, -0.2) is 0 Å². The number of nitrogens with zero attached hydrogens (tertiary/aromatic N) is 1. The minimum atomic E-state index is 0.604. The van der Waals surface area contributed by atoms with E-state index in [2.05, 4.69) is 31.0 Å². The van der Waals surface area contributed by atoms with Crippen LogP contribution in [-0.2, 0) is 4.74 Å². The minimum Gasteiger partial charge on any atom is -0.383 e. The van der Waals surface area contributed by atoms with Gasteiger partial charge in [0.25, 0.3) is 0 Å². The zero-order valence-electron chi connectivity index (χ0n) is 11.6. The predicted octanol–water partition coefficient (Wildman–Crippen LogP) is 2.12. The second kappa shape index (κ2) is 11.4. The van der Waals surface area contributed by atoms with Crippen LogP contribution in [-0.4, -0.2) is 50.8 Å². The molecule has 3 heteroatoms. The molecule has 0 heterocycles. The Labute approximate surface area is 102 Å². The summed E-state index contributed by atoms with van der Waals surface area (Å²) in [4.78, 5) is 2.45. The number of methoxy groups -OCH3 is 1. The Kier molecular flexibility index (Phi) is 11.3. The average Bonchev–Trinajstić information content (AvgIpc) is 2.26. The Morgan fingerprint density at radius 2 is 1.88 bits per heavy atom. The average molecular weight is 230 g/mol. The van der Waals surface area contributed by atoms with E-state index in [1.807, 2.05) is 0 Å². The Hall–Kier alpha value is -0.120. The van der Waals surface area contributed by atoms with Crippen LogP contribution in [0.3, 0.4) is 0 Å². The second-order valence-electron chi connectivity index (χ2n) is 4.58. The predicted molar refractivity (Wildman–Crippen MR) is 71.0 cm³/mol. The van der Waals surface area contributed by atoms with Crippen molar-refractivity contribution >= 4 is 0 Å². The third-order valence-electron chi connectivity index (χ3n) is 2.85. The number of hydrogen-bond acceptors (Lipinski definition) is 3. The van der Waals surface area contributed by atoms with E-state index in [4.69, 9.17) is 4.74 Å². The fraction of sp³-hybridized carbons (Fsp3) is 1.00. The third-order valence-corrected chi connectivity index (χ3v) is 2.85. The van der Waals surface area contributed by atoms with Crippen LogP contribution in [0.2, 0.25) is 0 Å². The normalized spacial score (nSPS) is 11.6. The molecular weight excluding hydrogens is 200 g/mol. The topological polar surface area (TPSA) is 24.5 Å². The molecule has 0 amide bonds. The summed E-state index contributed by atoms with van der Waals surface area (Å²) < 4.78 is 5.12. The standard InChI is InChI=1S/C13H30N2O/c1-5-6-7-8-14-9-10-15(13(2)3)11-12-16-4/h13-14H,5-12H2,1-4H3. The first kappa shape index (κ1) is 15.9. The number of rotatable bonds is 11. The van der Waals surface area contributed by atoms with Crippen LogP contribution in [0.25, 0.3) is 0 Å². The van der Waals surface area contributed by atoms with Gasteiger partial charge >= 0.3 is 0 Å². The number of hydrogen-bond donors (Lipinski definition) is 1. The first-order chi connectivity index (χ1) is 7.72. The van der Waals surface area contributed by atoms with Crippen LogP contribution in [0.5, 0.6) is 0 Å². The van der Waals surface area contributed by atoms with Gasteiger partial charge in [0.2, 0.25) is 0 Å². The van der Waals surface area contributed by atoms with Crippen LogP contribution in [0.1, 0.15) is 40.0 Å². The van der Waals surface area contributed by atoms with Crippen molar-refractivity contribution in [3.63, 3.8) is 0 Å². The van der Waals surface area contributed by atoms with Crippen LogP contribution in [0.15, 0.2) is 0 Å². The summed E-state index contributed by atoms with van der Waals surface area (Å²) in [5, 5.41) is 3.50. The molecule has 0 aliphatic heterocycles. The number of nitrogens with one attached hydrogen (secondary N) is 1. The molecule has 0 bridgehead atoms. The van der Waals surface area contributed by atoms with Crippen LogP contribution < -0.4 is 5.32 Å². The Bertz CT molecular complexity index is 140. The summed E-state index contributed by atoms with van der Waals surface area (Å²) in [6.45, 7) is 12.0. The Balaban J connectivity index is 3.44. The largest absolute Gasteiger partial charge is 0.383 e. The van der Waals surface area contributed by atoms with Crippen LogP contribution in [0, 0.1) is 0 Å². The molecular formula is C13H30N2O. The summed E-state index contributed by atoms with van der Waals surface area (Å²) in [5.74, 6) is 0. The van der Waals surface area contributed by atoms with E-state index in [0.717, 1.165) is 32.8 Å². The molecule has 0 aromatic heterocycles. The SMILES string of the molecule is CCCCCNCCN(CCOC)C(C)C. The van der Waals surface area contributed by atoms with Gasteiger partial charge in [-0.15, -0.1) is 0 Å². The van der Waals surface area contributed by atoms with Gasteiger partial charge in [-0.1, -0.05) is 19.8 Å². The molecule has 16 heavy (non-hydrogen) atoms. The van der Waals surface area contributed by atoms with Gasteiger partial charge in [-0.3, -0.25) is 4.90 Å². The van der Waals surface area contributed by atoms with Gasteiger partial charge in [0, 0.05) is 32.8 Å². The molecule has 0 aliphatic rings. The van der Waals surface area contributed by atoms with Gasteiger partial charge < -0.3 is 10.1 Å². The highest BCUT2D eigenvalue weighted by Gasteiger charge is 2.07. The fourth-order valence-corrected chi connectivity index (χ4v) is 1.68. The molecule has 0 aliphatic carbocycles. The molecule has 0 saturated heterocycles. The van der Waals surface area contributed by atoms with E-state index in [0.29, 0.717) is 6.04 Å². The summed E-state index contributed by atoms with van der Waals surface area (Å²) >= 11 is 0. The lowest BCUT2D eigenvalue weighted by atomic mass is 10.2. The van der Waals surface area contributed by atoms with Crippen LogP contribution >= 0.6 is 0 Å². The highest BCUT2D eigenvalue weighted by molar-refractivity contribution is 4.64. The lowest BCUT2D eigenvalue weighted by Crippen LogP contribution is -2.39. The van der Waals surface area contributed by atoms with Gasteiger partial charge in [0.1, 0.15) is 0 Å². The van der Waals surface area contributed by atoms with Crippen molar-refractivity contribution in [1.29, 1.82) is 0 Å². The summed E-state index contributed by atoms with van der Waals surface area (Å²) in [5.41, 5.74) is 0. The third kappa shape index (κ3) is 9.13. The molecule has 0 aromatic carbocycles. The molecule has 0 rings (SSSR count). The van der Waals surface area contributed by atoms with Crippen molar-refractivity contribution in [3.8, 4) is 0 Å². The minimum absolute atomic E-state index is 0.604. The second-order valence-corrected chi connectivity index (χ2v) is 4.58. The quantitative estimate of drug-likeness (QED) is 0.550. The maximum atomic E-state index is 5.12. The molecule has 0 aromatic rings. The highest BCUT2D eigenvalue weighted by atomic mass is 16.5. The van der Waals surface area contributed by atoms with Gasteiger partial charge in [-0.2, -0.15) is 0 Å². The van der Waals surface area contributed by atoms with Crippen molar-refractivity contribution in [3.05, 3.63) is 0 Å². The number of unbranched alkanes of at least 4 members (excludes halogenated alkanes) is 2. The lowest BCUT2D eigenvalue weighted by molar-refractivity contribution is 0.130. The molecule has 0 spiro atoms. The fourth-order valence-electron chi connectivity index (χ4n) is 1.68. The lowest BCUT2D eigenvalue weighted by Gasteiger charge is -2.26. The maximum Gasteiger partial charge on any atom is 0.0589 e. The Morgan fingerprint density at radius 3 is 2.44 bits per heavy atom. The van der Waals surface area contributed by atoms with Gasteiger partial charge in [-0.05, 0) is 26.8 Å². The summed E-state index contributed by atoms with van der Waals surface area (Å²) in [6.07, 6.45) is 3.94. The van der Waals surface area contributed by atoms with Crippen molar-refractivity contribution in [2.75, 3.05) is 39.9 Å². The van der Waals surface area contributed by atoms with E-state index >= 15 is 0 Å². The van der Waals surface area contributed by atoms with E-state index < -0.39 is 0 Å².